The number of aliphatic hydroxyl groups excluding tert-OH is 1. The van der Waals surface area contributed by atoms with Crippen molar-refractivity contribution < 1.29 is 5.11 Å². The Labute approximate surface area is 123 Å². The van der Waals surface area contributed by atoms with E-state index in [-0.39, 0.29) is 5.41 Å². The van der Waals surface area contributed by atoms with Gasteiger partial charge >= 0.3 is 0 Å². The van der Waals surface area contributed by atoms with Crippen LogP contribution in [0.4, 0.5) is 0 Å². The second-order valence-corrected chi connectivity index (χ2v) is 8.47. The largest absolute Gasteiger partial charge is 0.395 e. The third-order valence-corrected chi connectivity index (χ3v) is 7.97. The molecule has 4 aliphatic rings. The van der Waals surface area contributed by atoms with Crippen molar-refractivity contribution >= 4 is 0 Å². The van der Waals surface area contributed by atoms with Gasteiger partial charge in [-0.2, -0.15) is 0 Å². The molecule has 3 saturated carbocycles. The van der Waals surface area contributed by atoms with Crippen LogP contribution in [0.25, 0.3) is 0 Å². The normalized spacial score (nSPS) is 54.1. The summed E-state index contributed by atoms with van der Waals surface area (Å²) < 4.78 is 0. The number of allylic oxidation sites excluding steroid dienone is 1. The fraction of sp³-hybridized carbons (Fsp3) is 0.895. The van der Waals surface area contributed by atoms with Crippen molar-refractivity contribution in [1.29, 1.82) is 0 Å². The zero-order chi connectivity index (χ0) is 13.8. The van der Waals surface area contributed by atoms with Gasteiger partial charge in [-0.05, 0) is 74.0 Å². The van der Waals surface area contributed by atoms with Crippen LogP contribution in [-0.2, 0) is 0 Å². The Morgan fingerprint density at radius 1 is 1.05 bits per heavy atom. The van der Waals surface area contributed by atoms with E-state index in [1.165, 1.54) is 57.8 Å². The summed E-state index contributed by atoms with van der Waals surface area (Å²) in [6.45, 7) is 3.01. The van der Waals surface area contributed by atoms with Gasteiger partial charge in [-0.15, -0.1) is 0 Å². The molecule has 0 heterocycles. The summed E-state index contributed by atoms with van der Waals surface area (Å²) in [5, 5.41) is 9.99. The summed E-state index contributed by atoms with van der Waals surface area (Å²) in [5.74, 6) is 3.61. The fourth-order valence-electron chi connectivity index (χ4n) is 6.85. The molecular weight excluding hydrogens is 244 g/mol. The Balaban J connectivity index is 1.65. The first-order valence-corrected chi connectivity index (χ1v) is 8.98. The first-order chi connectivity index (χ1) is 9.70. The van der Waals surface area contributed by atoms with Crippen molar-refractivity contribution in [1.82, 2.24) is 0 Å². The Bertz CT molecular complexity index is 414. The highest BCUT2D eigenvalue weighted by atomic mass is 16.3. The van der Waals surface area contributed by atoms with Crippen molar-refractivity contribution in [3.63, 3.8) is 0 Å². The minimum absolute atomic E-state index is 0.166. The predicted octanol–water partition coefficient (Wildman–Crippen LogP) is 4.56. The van der Waals surface area contributed by atoms with Gasteiger partial charge in [0.25, 0.3) is 0 Å². The molecule has 1 N–H and O–H groups in total. The molecule has 1 heteroatoms. The van der Waals surface area contributed by atoms with E-state index in [9.17, 15) is 5.11 Å². The van der Waals surface area contributed by atoms with E-state index < -0.39 is 0 Å². The molecule has 0 aliphatic heterocycles. The minimum Gasteiger partial charge on any atom is -0.395 e. The smallest absolute Gasteiger partial charge is 0.0524 e. The molecule has 3 fully saturated rings. The summed E-state index contributed by atoms with van der Waals surface area (Å²) >= 11 is 0. The van der Waals surface area contributed by atoms with Crippen LogP contribution in [0, 0.1) is 34.5 Å². The first kappa shape index (κ1) is 13.4. The Morgan fingerprint density at radius 2 is 1.95 bits per heavy atom. The highest BCUT2D eigenvalue weighted by Gasteiger charge is 2.57. The van der Waals surface area contributed by atoms with Gasteiger partial charge in [0, 0.05) is 5.41 Å². The summed E-state index contributed by atoms with van der Waals surface area (Å²) in [7, 11) is 0. The van der Waals surface area contributed by atoms with Crippen LogP contribution in [0.3, 0.4) is 0 Å². The van der Waals surface area contributed by atoms with Gasteiger partial charge in [0.15, 0.2) is 0 Å². The van der Waals surface area contributed by atoms with Gasteiger partial charge in [0.1, 0.15) is 0 Å². The van der Waals surface area contributed by atoms with E-state index in [0.29, 0.717) is 12.0 Å². The van der Waals surface area contributed by atoms with Crippen LogP contribution in [0.5, 0.6) is 0 Å². The molecule has 20 heavy (non-hydrogen) atoms. The van der Waals surface area contributed by atoms with Crippen LogP contribution >= 0.6 is 0 Å². The molecule has 1 unspecified atom stereocenters. The molecule has 112 valence electrons. The van der Waals surface area contributed by atoms with Crippen molar-refractivity contribution in [3.05, 3.63) is 12.2 Å². The molecule has 1 nitrogen and oxygen atoms in total. The van der Waals surface area contributed by atoms with E-state index in [0.717, 1.165) is 23.7 Å². The van der Waals surface area contributed by atoms with Crippen LogP contribution in [0.15, 0.2) is 12.2 Å². The number of aliphatic hydroxyl groups is 1. The standard InChI is InChI=1S/C19H30O/c1-18-10-3-2-5-14(18)7-8-15-16(18)9-12-19(13-20)11-4-6-17(15)19/h4,11,14-17,20H,2-3,5-10,12-13H2,1H3/t14?,15-,16+,17+,18+,19+/m1/s1. The summed E-state index contributed by atoms with van der Waals surface area (Å²) in [4.78, 5) is 0. The quantitative estimate of drug-likeness (QED) is 0.695. The van der Waals surface area contributed by atoms with Gasteiger partial charge in [0.2, 0.25) is 0 Å². The van der Waals surface area contributed by atoms with E-state index in [4.69, 9.17) is 0 Å². The van der Waals surface area contributed by atoms with Crippen LogP contribution in [0.2, 0.25) is 0 Å². The molecule has 0 spiro atoms. The molecular formula is C19H30O. The van der Waals surface area contributed by atoms with Gasteiger partial charge < -0.3 is 5.11 Å². The predicted molar refractivity (Wildman–Crippen MR) is 82.3 cm³/mol. The molecule has 0 amide bonds. The van der Waals surface area contributed by atoms with Crippen molar-refractivity contribution in [2.45, 2.75) is 64.7 Å². The first-order valence-electron chi connectivity index (χ1n) is 8.98. The molecule has 0 aromatic carbocycles. The van der Waals surface area contributed by atoms with Crippen LogP contribution in [-0.4, -0.2) is 11.7 Å². The van der Waals surface area contributed by atoms with Gasteiger partial charge in [0.05, 0.1) is 6.61 Å². The average Bonchev–Trinajstić information content (AvgIpc) is 2.91. The lowest BCUT2D eigenvalue weighted by Gasteiger charge is -2.60. The maximum absolute atomic E-state index is 9.99. The third kappa shape index (κ3) is 1.65. The van der Waals surface area contributed by atoms with Crippen molar-refractivity contribution in [2.24, 2.45) is 34.5 Å². The highest BCUT2D eigenvalue weighted by molar-refractivity contribution is 5.17. The number of rotatable bonds is 1. The van der Waals surface area contributed by atoms with E-state index in [2.05, 4.69) is 19.1 Å². The van der Waals surface area contributed by atoms with E-state index in [1.807, 2.05) is 0 Å². The molecule has 0 aromatic rings. The Morgan fingerprint density at radius 3 is 2.80 bits per heavy atom. The molecule has 0 saturated heterocycles. The third-order valence-electron chi connectivity index (χ3n) is 7.97. The summed E-state index contributed by atoms with van der Waals surface area (Å²) in [6, 6.07) is 0. The zero-order valence-corrected chi connectivity index (χ0v) is 13.0. The maximum atomic E-state index is 9.99. The second-order valence-electron chi connectivity index (χ2n) is 8.47. The molecule has 0 aromatic heterocycles. The topological polar surface area (TPSA) is 20.2 Å². The Kier molecular flexibility index (Phi) is 3.07. The van der Waals surface area contributed by atoms with Gasteiger partial charge in [-0.1, -0.05) is 31.9 Å². The SMILES string of the molecule is C[C@]12CCCCC1CC[C@H]1[C@@H]3CC=C[C@@]3(CO)CC[C@@H]12. The fourth-order valence-corrected chi connectivity index (χ4v) is 6.85. The molecule has 4 rings (SSSR count). The van der Waals surface area contributed by atoms with E-state index >= 15 is 0 Å². The molecule has 4 aliphatic carbocycles. The Hall–Kier alpha value is -0.300. The number of hydrogen-bond acceptors (Lipinski definition) is 1. The highest BCUT2D eigenvalue weighted by Crippen LogP contribution is 2.64. The van der Waals surface area contributed by atoms with Crippen LogP contribution in [0.1, 0.15) is 64.7 Å². The molecule has 0 bridgehead atoms. The zero-order valence-electron chi connectivity index (χ0n) is 13.0. The summed E-state index contributed by atoms with van der Waals surface area (Å²) in [5.41, 5.74) is 0.796. The average molecular weight is 274 g/mol. The molecule has 6 atom stereocenters. The van der Waals surface area contributed by atoms with Gasteiger partial charge in [-0.3, -0.25) is 0 Å². The maximum Gasteiger partial charge on any atom is 0.0524 e. The molecule has 0 radical (unpaired) electrons. The lowest BCUT2D eigenvalue weighted by Crippen LogP contribution is -2.53. The van der Waals surface area contributed by atoms with Crippen molar-refractivity contribution in [3.8, 4) is 0 Å². The minimum atomic E-state index is 0.166. The summed E-state index contributed by atoms with van der Waals surface area (Å²) in [6.07, 6.45) is 17.4. The number of fused-ring (bicyclic) bond motifs is 5. The van der Waals surface area contributed by atoms with Crippen LogP contribution < -0.4 is 0 Å². The monoisotopic (exact) mass is 274 g/mol. The van der Waals surface area contributed by atoms with E-state index in [1.54, 1.807) is 0 Å². The van der Waals surface area contributed by atoms with Gasteiger partial charge in [-0.25, -0.2) is 0 Å². The second kappa shape index (κ2) is 4.60. The van der Waals surface area contributed by atoms with Crippen molar-refractivity contribution in [2.75, 3.05) is 6.61 Å². The lowest BCUT2D eigenvalue weighted by atomic mass is 9.45. The number of hydrogen-bond donors (Lipinski definition) is 1. The lowest BCUT2D eigenvalue weighted by molar-refractivity contribution is -0.109.